The van der Waals surface area contributed by atoms with Crippen LogP contribution in [0.4, 0.5) is 0 Å². The van der Waals surface area contributed by atoms with Crippen molar-refractivity contribution in [3.05, 3.63) is 0 Å². The maximum Gasteiger partial charge on any atom is 0.0195 e. The summed E-state index contributed by atoms with van der Waals surface area (Å²) in [6.45, 7) is 7.48. The number of nitrogens with one attached hydrogen (secondary N) is 1. The molecule has 0 amide bonds. The number of rotatable bonds is 3. The van der Waals surface area contributed by atoms with Crippen LogP contribution in [0.1, 0.15) is 39.0 Å². The molecular formula is C13H26N2S. The quantitative estimate of drug-likeness (QED) is 0.818. The third-order valence-electron chi connectivity index (χ3n) is 3.82. The Morgan fingerprint density at radius 3 is 3.12 bits per heavy atom. The van der Waals surface area contributed by atoms with Crippen LogP contribution in [0.2, 0.25) is 0 Å². The van der Waals surface area contributed by atoms with Gasteiger partial charge in [-0.3, -0.25) is 4.90 Å². The molecule has 0 aromatic carbocycles. The largest absolute Gasteiger partial charge is 0.313 e. The van der Waals surface area contributed by atoms with E-state index < -0.39 is 0 Å². The molecular weight excluding hydrogens is 216 g/mol. The molecule has 2 nitrogen and oxygen atoms in total. The van der Waals surface area contributed by atoms with Crippen molar-refractivity contribution in [1.82, 2.24) is 10.2 Å². The molecule has 0 aromatic rings. The molecule has 2 aliphatic heterocycles. The summed E-state index contributed by atoms with van der Waals surface area (Å²) in [4.78, 5) is 2.69. The minimum Gasteiger partial charge on any atom is -0.313 e. The van der Waals surface area contributed by atoms with E-state index in [0.29, 0.717) is 0 Å². The molecule has 2 atom stereocenters. The van der Waals surface area contributed by atoms with Gasteiger partial charge in [0.05, 0.1) is 0 Å². The topological polar surface area (TPSA) is 15.3 Å². The summed E-state index contributed by atoms with van der Waals surface area (Å²) >= 11 is 2.17. The summed E-state index contributed by atoms with van der Waals surface area (Å²) in [6, 6.07) is 0.767. The van der Waals surface area contributed by atoms with Gasteiger partial charge in [-0.05, 0) is 25.8 Å². The Morgan fingerprint density at radius 1 is 1.31 bits per heavy atom. The lowest BCUT2D eigenvalue weighted by Crippen LogP contribution is -2.46. The van der Waals surface area contributed by atoms with E-state index in [-0.39, 0.29) is 0 Å². The van der Waals surface area contributed by atoms with E-state index >= 15 is 0 Å². The molecule has 3 heteroatoms. The molecule has 0 aromatic heterocycles. The first-order valence-electron chi connectivity index (χ1n) is 6.96. The SMILES string of the molecule is CCC1CN(CC2CCCCCN2)CCS1. The summed E-state index contributed by atoms with van der Waals surface area (Å²) in [6.07, 6.45) is 6.96. The van der Waals surface area contributed by atoms with Crippen LogP contribution in [-0.2, 0) is 0 Å². The van der Waals surface area contributed by atoms with E-state index in [0.717, 1.165) is 11.3 Å². The first kappa shape index (κ1) is 12.7. The van der Waals surface area contributed by atoms with Crippen molar-refractivity contribution in [1.29, 1.82) is 0 Å². The predicted octanol–water partition coefficient (Wildman–Crippen LogP) is 2.35. The van der Waals surface area contributed by atoms with Gasteiger partial charge in [0, 0.05) is 36.7 Å². The smallest absolute Gasteiger partial charge is 0.0195 e. The van der Waals surface area contributed by atoms with Crippen molar-refractivity contribution in [3.8, 4) is 0 Å². The summed E-state index contributed by atoms with van der Waals surface area (Å²) in [7, 11) is 0. The van der Waals surface area contributed by atoms with E-state index in [1.807, 2.05) is 0 Å². The fourth-order valence-corrected chi connectivity index (χ4v) is 4.01. The van der Waals surface area contributed by atoms with Crippen LogP contribution in [0.15, 0.2) is 0 Å². The van der Waals surface area contributed by atoms with Crippen molar-refractivity contribution in [2.24, 2.45) is 0 Å². The number of hydrogen-bond donors (Lipinski definition) is 1. The van der Waals surface area contributed by atoms with E-state index in [1.165, 1.54) is 64.0 Å². The lowest BCUT2D eigenvalue weighted by molar-refractivity contribution is 0.245. The van der Waals surface area contributed by atoms with E-state index in [4.69, 9.17) is 0 Å². The predicted molar refractivity (Wildman–Crippen MR) is 73.2 cm³/mol. The number of thioether (sulfide) groups is 1. The lowest BCUT2D eigenvalue weighted by Gasteiger charge is -2.34. The second-order valence-electron chi connectivity index (χ2n) is 5.16. The van der Waals surface area contributed by atoms with Crippen LogP contribution in [0, 0.1) is 0 Å². The van der Waals surface area contributed by atoms with Gasteiger partial charge in [-0.1, -0.05) is 19.8 Å². The Bertz CT molecular complexity index is 190. The van der Waals surface area contributed by atoms with E-state index in [2.05, 4.69) is 28.9 Å². The molecule has 2 aliphatic rings. The van der Waals surface area contributed by atoms with Gasteiger partial charge in [0.2, 0.25) is 0 Å². The van der Waals surface area contributed by atoms with Gasteiger partial charge in [-0.25, -0.2) is 0 Å². The molecule has 94 valence electrons. The molecule has 0 spiro atoms. The molecule has 0 bridgehead atoms. The molecule has 1 N–H and O–H groups in total. The zero-order valence-corrected chi connectivity index (χ0v) is 11.4. The molecule has 0 saturated carbocycles. The maximum absolute atomic E-state index is 3.71. The Kier molecular flexibility index (Phi) is 5.46. The molecule has 0 aliphatic carbocycles. The maximum atomic E-state index is 3.71. The van der Waals surface area contributed by atoms with Gasteiger partial charge in [0.15, 0.2) is 0 Å². The monoisotopic (exact) mass is 242 g/mol. The third kappa shape index (κ3) is 3.94. The highest BCUT2D eigenvalue weighted by Crippen LogP contribution is 2.21. The van der Waals surface area contributed by atoms with Gasteiger partial charge in [0.25, 0.3) is 0 Å². The van der Waals surface area contributed by atoms with Gasteiger partial charge in [-0.2, -0.15) is 11.8 Å². The molecule has 2 fully saturated rings. The minimum atomic E-state index is 0.767. The van der Waals surface area contributed by atoms with Crippen molar-refractivity contribution in [3.63, 3.8) is 0 Å². The normalized spacial score (nSPS) is 33.6. The summed E-state index contributed by atoms with van der Waals surface area (Å²) in [5.74, 6) is 1.34. The van der Waals surface area contributed by atoms with Crippen LogP contribution >= 0.6 is 11.8 Å². The number of nitrogens with zero attached hydrogens (tertiary/aromatic N) is 1. The number of hydrogen-bond acceptors (Lipinski definition) is 3. The van der Waals surface area contributed by atoms with Crippen molar-refractivity contribution in [2.45, 2.75) is 50.3 Å². The average Bonchev–Trinajstić information content (AvgIpc) is 2.58. The highest BCUT2D eigenvalue weighted by Gasteiger charge is 2.21. The fraction of sp³-hybridized carbons (Fsp3) is 1.00. The summed E-state index contributed by atoms with van der Waals surface area (Å²) < 4.78 is 0. The van der Waals surface area contributed by atoms with Crippen LogP contribution in [0.5, 0.6) is 0 Å². The van der Waals surface area contributed by atoms with Crippen LogP contribution < -0.4 is 5.32 Å². The Hall–Kier alpha value is 0.270. The Morgan fingerprint density at radius 2 is 2.25 bits per heavy atom. The van der Waals surface area contributed by atoms with Crippen molar-refractivity contribution < 1.29 is 0 Å². The van der Waals surface area contributed by atoms with Gasteiger partial charge < -0.3 is 5.32 Å². The lowest BCUT2D eigenvalue weighted by atomic mass is 10.1. The van der Waals surface area contributed by atoms with Crippen molar-refractivity contribution in [2.75, 3.05) is 31.9 Å². The second-order valence-corrected chi connectivity index (χ2v) is 6.57. The third-order valence-corrected chi connectivity index (χ3v) is 5.19. The van der Waals surface area contributed by atoms with Crippen molar-refractivity contribution >= 4 is 11.8 Å². The van der Waals surface area contributed by atoms with Gasteiger partial charge in [-0.15, -0.1) is 0 Å². The molecule has 2 rings (SSSR count). The fourth-order valence-electron chi connectivity index (χ4n) is 2.76. The molecule has 2 saturated heterocycles. The van der Waals surface area contributed by atoms with Crippen LogP contribution in [0.3, 0.4) is 0 Å². The van der Waals surface area contributed by atoms with Gasteiger partial charge >= 0.3 is 0 Å². The first-order chi connectivity index (χ1) is 7.88. The summed E-state index contributed by atoms with van der Waals surface area (Å²) in [5.41, 5.74) is 0. The standard InChI is InChI=1S/C13H26N2S/c1-2-13-11-15(8-9-16-13)10-12-6-4-3-5-7-14-12/h12-14H,2-11H2,1H3. The summed E-state index contributed by atoms with van der Waals surface area (Å²) in [5, 5.41) is 4.60. The Labute approximate surface area is 105 Å². The zero-order valence-electron chi connectivity index (χ0n) is 10.6. The van der Waals surface area contributed by atoms with Crippen LogP contribution in [-0.4, -0.2) is 48.1 Å². The average molecular weight is 242 g/mol. The zero-order chi connectivity index (χ0) is 11.2. The molecule has 0 radical (unpaired) electrons. The highest BCUT2D eigenvalue weighted by molar-refractivity contribution is 8.00. The highest BCUT2D eigenvalue weighted by atomic mass is 32.2. The molecule has 2 heterocycles. The Balaban J connectivity index is 1.74. The van der Waals surface area contributed by atoms with Crippen LogP contribution in [0.25, 0.3) is 0 Å². The molecule has 16 heavy (non-hydrogen) atoms. The minimum absolute atomic E-state index is 0.767. The first-order valence-corrected chi connectivity index (χ1v) is 8.00. The van der Waals surface area contributed by atoms with E-state index in [9.17, 15) is 0 Å². The van der Waals surface area contributed by atoms with Gasteiger partial charge in [0.1, 0.15) is 0 Å². The molecule has 2 unspecified atom stereocenters. The van der Waals surface area contributed by atoms with E-state index in [1.54, 1.807) is 0 Å². The second kappa shape index (κ2) is 6.87.